The van der Waals surface area contributed by atoms with Crippen LogP contribution >= 0.6 is 11.3 Å². The van der Waals surface area contributed by atoms with Gasteiger partial charge in [0.1, 0.15) is 11.6 Å². The lowest BCUT2D eigenvalue weighted by molar-refractivity contribution is 0.404. The second-order valence-electron chi connectivity index (χ2n) is 8.11. The molecule has 5 rings (SSSR count). The Bertz CT molecular complexity index is 1020. The standard InChI is InChI=1S/C21H25FN6S/c1-12-10-28(11-13(2)23-12)18-6-5-15(9-16(18)22)25-21-26-17-7-8-29-19(17)20(27-21)24-14-3-4-14/h5-9,12-14,23H,3-4,10-11H2,1-2H3,(H2,24,25,26,27)/t12-,13+. The summed E-state index contributed by atoms with van der Waals surface area (Å²) in [6, 6.07) is 8.42. The summed E-state index contributed by atoms with van der Waals surface area (Å²) in [6.07, 6.45) is 2.35. The number of benzene rings is 1. The van der Waals surface area contributed by atoms with E-state index in [1.165, 1.54) is 18.9 Å². The molecule has 152 valence electrons. The van der Waals surface area contributed by atoms with Crippen LogP contribution in [0.2, 0.25) is 0 Å². The van der Waals surface area contributed by atoms with Crippen LogP contribution in [-0.4, -0.2) is 41.2 Å². The molecule has 3 N–H and O–H groups in total. The molecule has 3 heterocycles. The minimum Gasteiger partial charge on any atom is -0.366 e. The maximum Gasteiger partial charge on any atom is 0.229 e. The van der Waals surface area contributed by atoms with Crippen LogP contribution in [0.4, 0.5) is 27.5 Å². The normalized spacial score (nSPS) is 22.1. The van der Waals surface area contributed by atoms with Gasteiger partial charge in [0.2, 0.25) is 5.95 Å². The van der Waals surface area contributed by atoms with Gasteiger partial charge in [0.25, 0.3) is 0 Å². The van der Waals surface area contributed by atoms with Gasteiger partial charge in [-0.3, -0.25) is 0 Å². The lowest BCUT2D eigenvalue weighted by Gasteiger charge is -2.37. The summed E-state index contributed by atoms with van der Waals surface area (Å²) in [5, 5.41) is 12.2. The van der Waals surface area contributed by atoms with Crippen molar-refractivity contribution in [1.29, 1.82) is 0 Å². The highest BCUT2D eigenvalue weighted by Gasteiger charge is 2.24. The van der Waals surface area contributed by atoms with Gasteiger partial charge in [0.05, 0.1) is 15.9 Å². The Morgan fingerprint density at radius 3 is 2.66 bits per heavy atom. The molecule has 2 fully saturated rings. The average Bonchev–Trinajstić information content (AvgIpc) is 3.34. The van der Waals surface area contributed by atoms with Gasteiger partial charge in [0.15, 0.2) is 0 Å². The van der Waals surface area contributed by atoms with Crippen LogP contribution in [0.5, 0.6) is 0 Å². The molecule has 0 radical (unpaired) electrons. The van der Waals surface area contributed by atoms with E-state index in [2.05, 4.69) is 44.7 Å². The summed E-state index contributed by atoms with van der Waals surface area (Å²) in [5.74, 6) is 1.11. The van der Waals surface area contributed by atoms with Crippen LogP contribution in [0.25, 0.3) is 10.2 Å². The highest BCUT2D eigenvalue weighted by Crippen LogP contribution is 2.33. The minimum absolute atomic E-state index is 0.232. The van der Waals surface area contributed by atoms with Gasteiger partial charge in [-0.25, -0.2) is 9.37 Å². The van der Waals surface area contributed by atoms with E-state index >= 15 is 0 Å². The number of nitrogens with one attached hydrogen (secondary N) is 3. The van der Waals surface area contributed by atoms with E-state index in [-0.39, 0.29) is 5.82 Å². The van der Waals surface area contributed by atoms with Crippen molar-refractivity contribution >= 4 is 44.7 Å². The first-order valence-corrected chi connectivity index (χ1v) is 11.0. The number of fused-ring (bicyclic) bond motifs is 1. The molecule has 1 saturated heterocycles. The summed E-state index contributed by atoms with van der Waals surface area (Å²) >= 11 is 1.63. The van der Waals surface area contributed by atoms with Gasteiger partial charge in [0, 0.05) is 36.9 Å². The SMILES string of the molecule is C[C@@H]1CN(c2ccc(Nc3nc(NC4CC4)c4sccc4n3)cc2F)C[C@H](C)N1. The fourth-order valence-corrected chi connectivity index (χ4v) is 4.72. The van der Waals surface area contributed by atoms with Crippen molar-refractivity contribution in [3.63, 3.8) is 0 Å². The van der Waals surface area contributed by atoms with E-state index in [0.29, 0.717) is 35.4 Å². The van der Waals surface area contributed by atoms with Crippen molar-refractivity contribution < 1.29 is 4.39 Å². The second kappa shape index (κ2) is 7.42. The van der Waals surface area contributed by atoms with E-state index in [0.717, 1.165) is 29.1 Å². The predicted octanol–water partition coefficient (Wildman–Crippen LogP) is 4.33. The van der Waals surface area contributed by atoms with Gasteiger partial charge >= 0.3 is 0 Å². The predicted molar refractivity (Wildman–Crippen MR) is 118 cm³/mol. The zero-order valence-corrected chi connectivity index (χ0v) is 17.4. The average molecular weight is 413 g/mol. The molecule has 0 amide bonds. The molecule has 0 spiro atoms. The van der Waals surface area contributed by atoms with Crippen molar-refractivity contribution in [1.82, 2.24) is 15.3 Å². The molecule has 1 saturated carbocycles. The topological polar surface area (TPSA) is 65.1 Å². The van der Waals surface area contributed by atoms with Crippen molar-refractivity contribution in [2.24, 2.45) is 0 Å². The lowest BCUT2D eigenvalue weighted by atomic mass is 10.1. The number of hydrogen-bond donors (Lipinski definition) is 3. The van der Waals surface area contributed by atoms with Gasteiger partial charge in [-0.1, -0.05) is 0 Å². The van der Waals surface area contributed by atoms with E-state index < -0.39 is 0 Å². The Morgan fingerprint density at radius 2 is 1.93 bits per heavy atom. The van der Waals surface area contributed by atoms with Crippen molar-refractivity contribution in [2.75, 3.05) is 28.6 Å². The monoisotopic (exact) mass is 412 g/mol. The first-order valence-electron chi connectivity index (χ1n) is 10.1. The largest absolute Gasteiger partial charge is 0.366 e. The maximum atomic E-state index is 14.9. The Morgan fingerprint density at radius 1 is 1.14 bits per heavy atom. The number of piperazine rings is 1. The third-order valence-corrected chi connectivity index (χ3v) is 6.23. The Balaban J connectivity index is 1.38. The number of nitrogens with zero attached hydrogens (tertiary/aromatic N) is 3. The Hall–Kier alpha value is -2.45. The fourth-order valence-electron chi connectivity index (χ4n) is 3.93. The smallest absolute Gasteiger partial charge is 0.229 e. The quantitative estimate of drug-likeness (QED) is 0.580. The zero-order chi connectivity index (χ0) is 20.0. The van der Waals surface area contributed by atoms with E-state index in [9.17, 15) is 4.39 Å². The van der Waals surface area contributed by atoms with Crippen LogP contribution in [0.15, 0.2) is 29.6 Å². The van der Waals surface area contributed by atoms with E-state index in [1.807, 2.05) is 23.6 Å². The summed E-state index contributed by atoms with van der Waals surface area (Å²) in [7, 11) is 0. The number of anilines is 4. The highest BCUT2D eigenvalue weighted by atomic mass is 32.1. The summed E-state index contributed by atoms with van der Waals surface area (Å²) in [4.78, 5) is 11.3. The lowest BCUT2D eigenvalue weighted by Crippen LogP contribution is -2.54. The van der Waals surface area contributed by atoms with Crippen molar-refractivity contribution in [2.45, 2.75) is 44.8 Å². The number of thiophene rings is 1. The fraction of sp³-hybridized carbons (Fsp3) is 0.429. The maximum absolute atomic E-state index is 14.9. The highest BCUT2D eigenvalue weighted by molar-refractivity contribution is 7.17. The molecule has 1 aliphatic heterocycles. The molecule has 2 aromatic heterocycles. The van der Waals surface area contributed by atoms with Crippen molar-refractivity contribution in [3.8, 4) is 0 Å². The summed E-state index contributed by atoms with van der Waals surface area (Å²) in [6.45, 7) is 5.84. The van der Waals surface area contributed by atoms with Gasteiger partial charge in [-0.15, -0.1) is 11.3 Å². The summed E-state index contributed by atoms with van der Waals surface area (Å²) in [5.41, 5.74) is 2.19. The zero-order valence-electron chi connectivity index (χ0n) is 16.6. The Kier molecular flexibility index (Phi) is 4.75. The third-order valence-electron chi connectivity index (χ3n) is 5.32. The first-order chi connectivity index (χ1) is 14.0. The Labute approximate surface area is 173 Å². The molecular formula is C21H25FN6S. The number of rotatable bonds is 5. The first kappa shape index (κ1) is 18.6. The molecule has 2 aliphatic rings. The molecule has 8 heteroatoms. The van der Waals surface area contributed by atoms with Crippen LogP contribution in [0, 0.1) is 5.82 Å². The van der Waals surface area contributed by atoms with Gasteiger partial charge in [-0.2, -0.15) is 4.98 Å². The van der Waals surface area contributed by atoms with Gasteiger partial charge < -0.3 is 20.9 Å². The molecule has 1 aliphatic carbocycles. The third kappa shape index (κ3) is 4.00. The van der Waals surface area contributed by atoms with E-state index in [4.69, 9.17) is 0 Å². The number of hydrogen-bond acceptors (Lipinski definition) is 7. The molecule has 2 atom stereocenters. The summed E-state index contributed by atoms with van der Waals surface area (Å²) < 4.78 is 16.0. The molecular weight excluding hydrogens is 387 g/mol. The number of halogens is 1. The van der Waals surface area contributed by atoms with Crippen LogP contribution < -0.4 is 20.9 Å². The van der Waals surface area contributed by atoms with Crippen LogP contribution in [0.1, 0.15) is 26.7 Å². The number of aromatic nitrogens is 2. The van der Waals surface area contributed by atoms with Crippen LogP contribution in [-0.2, 0) is 0 Å². The van der Waals surface area contributed by atoms with Crippen molar-refractivity contribution in [3.05, 3.63) is 35.5 Å². The van der Waals surface area contributed by atoms with E-state index in [1.54, 1.807) is 11.3 Å². The minimum atomic E-state index is -0.232. The molecule has 0 unspecified atom stereocenters. The second-order valence-corrected chi connectivity index (χ2v) is 9.03. The molecule has 6 nitrogen and oxygen atoms in total. The molecule has 29 heavy (non-hydrogen) atoms. The van der Waals surface area contributed by atoms with Gasteiger partial charge in [-0.05, 0) is 56.3 Å². The molecule has 0 bridgehead atoms. The van der Waals surface area contributed by atoms with Crippen LogP contribution in [0.3, 0.4) is 0 Å². The molecule has 1 aromatic carbocycles. The molecule has 3 aromatic rings.